The standard InChI is InChI=1S/C10H20N2S/c1-11-10(13)12-9-7-5-3-2-4-6-8-9/h9H,2-8H2,1H3,(H2,11,12,13). The Bertz CT molecular complexity index is 151. The zero-order valence-electron chi connectivity index (χ0n) is 8.44. The minimum atomic E-state index is 0.611. The highest BCUT2D eigenvalue weighted by Gasteiger charge is 2.10. The van der Waals surface area contributed by atoms with Crippen LogP contribution in [-0.4, -0.2) is 18.2 Å². The predicted octanol–water partition coefficient (Wildman–Crippen LogP) is 2.19. The Balaban J connectivity index is 2.25. The zero-order chi connectivity index (χ0) is 9.52. The van der Waals surface area contributed by atoms with Crippen LogP contribution in [0.3, 0.4) is 0 Å². The van der Waals surface area contributed by atoms with E-state index < -0.39 is 0 Å². The molecule has 76 valence electrons. The molecule has 1 aliphatic carbocycles. The van der Waals surface area contributed by atoms with Crippen LogP contribution in [0.25, 0.3) is 0 Å². The fourth-order valence-electron chi connectivity index (χ4n) is 1.86. The van der Waals surface area contributed by atoms with Crippen LogP contribution in [0.2, 0.25) is 0 Å². The normalized spacial score (nSPS) is 20.1. The van der Waals surface area contributed by atoms with Crippen LogP contribution >= 0.6 is 12.2 Å². The Morgan fingerprint density at radius 2 is 1.62 bits per heavy atom. The van der Waals surface area contributed by atoms with Crippen molar-refractivity contribution in [3.05, 3.63) is 0 Å². The molecule has 0 amide bonds. The van der Waals surface area contributed by atoms with Gasteiger partial charge in [0.15, 0.2) is 5.11 Å². The van der Waals surface area contributed by atoms with Crippen molar-refractivity contribution < 1.29 is 0 Å². The second-order valence-corrected chi connectivity index (χ2v) is 4.17. The van der Waals surface area contributed by atoms with Gasteiger partial charge in [-0.25, -0.2) is 0 Å². The molecule has 0 aromatic rings. The lowest BCUT2D eigenvalue weighted by Crippen LogP contribution is -2.40. The summed E-state index contributed by atoms with van der Waals surface area (Å²) in [6, 6.07) is 0.611. The summed E-state index contributed by atoms with van der Waals surface area (Å²) in [7, 11) is 1.87. The van der Waals surface area contributed by atoms with Crippen molar-refractivity contribution in [3.8, 4) is 0 Å². The van der Waals surface area contributed by atoms with Gasteiger partial charge in [-0.2, -0.15) is 0 Å². The van der Waals surface area contributed by atoms with Crippen LogP contribution in [0.5, 0.6) is 0 Å². The minimum Gasteiger partial charge on any atom is -0.366 e. The third-order valence-electron chi connectivity index (χ3n) is 2.67. The molecule has 0 aliphatic heterocycles. The predicted molar refractivity (Wildman–Crippen MR) is 60.9 cm³/mol. The van der Waals surface area contributed by atoms with Crippen LogP contribution < -0.4 is 10.6 Å². The van der Waals surface area contributed by atoms with Gasteiger partial charge in [-0.15, -0.1) is 0 Å². The summed E-state index contributed by atoms with van der Waals surface area (Å²) in [5.74, 6) is 0. The summed E-state index contributed by atoms with van der Waals surface area (Å²) in [4.78, 5) is 0. The summed E-state index contributed by atoms with van der Waals surface area (Å²) >= 11 is 5.09. The molecule has 1 rings (SSSR count). The minimum absolute atomic E-state index is 0.611. The summed E-state index contributed by atoms with van der Waals surface area (Å²) in [6.45, 7) is 0. The topological polar surface area (TPSA) is 24.1 Å². The summed E-state index contributed by atoms with van der Waals surface area (Å²) in [5, 5.41) is 7.12. The molecule has 2 N–H and O–H groups in total. The Hall–Kier alpha value is -0.310. The Labute approximate surface area is 86.5 Å². The van der Waals surface area contributed by atoms with Gasteiger partial charge in [-0.3, -0.25) is 0 Å². The molecule has 1 aliphatic rings. The van der Waals surface area contributed by atoms with Gasteiger partial charge in [0.25, 0.3) is 0 Å². The van der Waals surface area contributed by atoms with Gasteiger partial charge in [-0.1, -0.05) is 32.1 Å². The van der Waals surface area contributed by atoms with Gasteiger partial charge in [0.2, 0.25) is 0 Å². The average Bonchev–Trinajstić information content (AvgIpc) is 2.09. The maximum Gasteiger partial charge on any atom is 0.166 e. The second-order valence-electron chi connectivity index (χ2n) is 3.77. The van der Waals surface area contributed by atoms with Crippen molar-refractivity contribution in [2.45, 2.75) is 51.0 Å². The maximum absolute atomic E-state index is 5.09. The lowest BCUT2D eigenvalue weighted by atomic mass is 9.97. The van der Waals surface area contributed by atoms with Gasteiger partial charge in [-0.05, 0) is 25.1 Å². The third kappa shape index (κ3) is 4.46. The average molecular weight is 200 g/mol. The summed E-state index contributed by atoms with van der Waals surface area (Å²) < 4.78 is 0. The van der Waals surface area contributed by atoms with Gasteiger partial charge < -0.3 is 10.6 Å². The van der Waals surface area contributed by atoms with E-state index in [0.29, 0.717) is 6.04 Å². The molecule has 0 unspecified atom stereocenters. The largest absolute Gasteiger partial charge is 0.366 e. The highest BCUT2D eigenvalue weighted by atomic mass is 32.1. The Morgan fingerprint density at radius 1 is 1.08 bits per heavy atom. The van der Waals surface area contributed by atoms with Crippen molar-refractivity contribution in [2.75, 3.05) is 7.05 Å². The SMILES string of the molecule is CNC(=S)NC1CCCCCCC1. The first kappa shape index (κ1) is 10.8. The summed E-state index contributed by atoms with van der Waals surface area (Å²) in [6.07, 6.45) is 9.47. The van der Waals surface area contributed by atoms with Crippen molar-refractivity contribution in [1.29, 1.82) is 0 Å². The van der Waals surface area contributed by atoms with E-state index in [-0.39, 0.29) is 0 Å². The molecular formula is C10H20N2S. The zero-order valence-corrected chi connectivity index (χ0v) is 9.25. The molecule has 1 saturated carbocycles. The number of rotatable bonds is 1. The van der Waals surface area contributed by atoms with Crippen molar-refractivity contribution in [2.24, 2.45) is 0 Å². The molecule has 0 atom stereocenters. The van der Waals surface area contributed by atoms with Crippen molar-refractivity contribution in [3.63, 3.8) is 0 Å². The monoisotopic (exact) mass is 200 g/mol. The molecule has 2 nitrogen and oxygen atoms in total. The van der Waals surface area contributed by atoms with Gasteiger partial charge in [0.05, 0.1) is 0 Å². The van der Waals surface area contributed by atoms with E-state index >= 15 is 0 Å². The van der Waals surface area contributed by atoms with Crippen LogP contribution in [0.4, 0.5) is 0 Å². The van der Waals surface area contributed by atoms with Crippen LogP contribution in [0, 0.1) is 0 Å². The smallest absolute Gasteiger partial charge is 0.166 e. The Morgan fingerprint density at radius 3 is 2.15 bits per heavy atom. The highest BCUT2D eigenvalue weighted by molar-refractivity contribution is 7.80. The van der Waals surface area contributed by atoms with E-state index in [9.17, 15) is 0 Å². The van der Waals surface area contributed by atoms with Crippen molar-refractivity contribution >= 4 is 17.3 Å². The number of hydrogen-bond donors (Lipinski definition) is 2. The highest BCUT2D eigenvalue weighted by Crippen LogP contribution is 2.16. The molecule has 0 aromatic carbocycles. The fraction of sp³-hybridized carbons (Fsp3) is 0.900. The number of nitrogens with one attached hydrogen (secondary N) is 2. The molecule has 0 radical (unpaired) electrons. The molecule has 0 aromatic heterocycles. The molecule has 0 spiro atoms. The lowest BCUT2D eigenvalue weighted by molar-refractivity contribution is 0.428. The molecule has 0 saturated heterocycles. The van der Waals surface area contributed by atoms with E-state index in [2.05, 4.69) is 10.6 Å². The van der Waals surface area contributed by atoms with Gasteiger partial charge in [0, 0.05) is 13.1 Å². The first-order valence-corrected chi connectivity index (χ1v) is 5.72. The number of hydrogen-bond acceptors (Lipinski definition) is 1. The Kier molecular flexibility index (Phi) is 5.13. The third-order valence-corrected chi connectivity index (χ3v) is 2.99. The molecule has 0 bridgehead atoms. The fourth-order valence-corrected chi connectivity index (χ4v) is 2.02. The second kappa shape index (κ2) is 6.19. The van der Waals surface area contributed by atoms with E-state index in [1.165, 1.54) is 44.9 Å². The van der Waals surface area contributed by atoms with E-state index in [0.717, 1.165) is 5.11 Å². The maximum atomic E-state index is 5.09. The van der Waals surface area contributed by atoms with Gasteiger partial charge >= 0.3 is 0 Å². The van der Waals surface area contributed by atoms with Gasteiger partial charge in [0.1, 0.15) is 0 Å². The molecule has 3 heteroatoms. The molecule has 13 heavy (non-hydrogen) atoms. The van der Waals surface area contributed by atoms with Crippen molar-refractivity contribution in [1.82, 2.24) is 10.6 Å². The van der Waals surface area contributed by atoms with Crippen LogP contribution in [0.15, 0.2) is 0 Å². The first-order chi connectivity index (χ1) is 6.33. The van der Waals surface area contributed by atoms with E-state index in [1.807, 2.05) is 7.05 Å². The quantitative estimate of drug-likeness (QED) is 0.635. The summed E-state index contributed by atoms with van der Waals surface area (Å²) in [5.41, 5.74) is 0. The lowest BCUT2D eigenvalue weighted by Gasteiger charge is -2.21. The van der Waals surface area contributed by atoms with Crippen LogP contribution in [0.1, 0.15) is 44.9 Å². The first-order valence-electron chi connectivity index (χ1n) is 5.31. The number of thiocarbonyl (C=S) groups is 1. The molecule has 1 fully saturated rings. The van der Waals surface area contributed by atoms with Crippen LogP contribution in [-0.2, 0) is 0 Å². The molecular weight excluding hydrogens is 180 g/mol. The van der Waals surface area contributed by atoms with E-state index in [1.54, 1.807) is 0 Å². The molecule has 0 heterocycles. The van der Waals surface area contributed by atoms with E-state index in [4.69, 9.17) is 12.2 Å².